The Bertz CT molecular complexity index is 1130. The molecule has 0 fully saturated rings. The van der Waals surface area contributed by atoms with Crippen LogP contribution in [0.3, 0.4) is 0 Å². The van der Waals surface area contributed by atoms with Gasteiger partial charge in [-0.15, -0.1) is 0 Å². The molecule has 0 radical (unpaired) electrons. The van der Waals surface area contributed by atoms with Crippen molar-refractivity contribution in [1.82, 2.24) is 4.90 Å². The molecule has 0 aliphatic carbocycles. The number of benzene rings is 2. The summed E-state index contributed by atoms with van der Waals surface area (Å²) in [5.41, 5.74) is 1.69. The van der Waals surface area contributed by atoms with Crippen LogP contribution in [0.2, 0.25) is 0 Å². The Morgan fingerprint density at radius 2 is 1.65 bits per heavy atom. The normalized spacial score (nSPS) is 11.0. The number of hydrogen-bond acceptors (Lipinski definition) is 6. The molecule has 3 rings (SSSR count). The van der Waals surface area contributed by atoms with Crippen LogP contribution in [0.15, 0.2) is 76.3 Å². The Kier molecular flexibility index (Phi) is 7.09. The molecule has 0 aliphatic heterocycles. The Labute approximate surface area is 185 Å². The molecule has 1 aromatic heterocycles. The number of sulfonamides is 1. The smallest absolute Gasteiger partial charge is 0.338 e. The first-order valence-corrected chi connectivity index (χ1v) is 11.7. The number of ether oxygens (including phenoxy) is 1. The van der Waals surface area contributed by atoms with Gasteiger partial charge >= 0.3 is 5.97 Å². The minimum atomic E-state index is -3.78. The quantitative estimate of drug-likeness (QED) is 0.483. The van der Waals surface area contributed by atoms with Crippen LogP contribution in [0, 0.1) is 0 Å². The number of hydrogen-bond donors (Lipinski definition) is 0. The van der Waals surface area contributed by atoms with E-state index in [0.717, 1.165) is 5.56 Å². The number of rotatable bonds is 8. The van der Waals surface area contributed by atoms with E-state index in [1.54, 1.807) is 48.7 Å². The maximum absolute atomic E-state index is 12.8. The first kappa shape index (κ1) is 22.5. The molecule has 1 amide bonds. The fourth-order valence-corrected chi connectivity index (χ4v) is 4.62. The summed E-state index contributed by atoms with van der Waals surface area (Å²) in [5.74, 6) is -1.03. The number of esters is 1. The second-order valence-electron chi connectivity index (χ2n) is 6.79. The van der Waals surface area contributed by atoms with E-state index in [9.17, 15) is 18.0 Å². The van der Waals surface area contributed by atoms with Gasteiger partial charge in [0.25, 0.3) is 15.9 Å². The minimum Gasteiger partial charge on any atom is -0.452 e. The zero-order valence-corrected chi connectivity index (χ0v) is 18.7. The van der Waals surface area contributed by atoms with Crippen molar-refractivity contribution in [3.05, 3.63) is 82.6 Å². The van der Waals surface area contributed by atoms with Crippen LogP contribution in [0.4, 0.5) is 5.69 Å². The van der Waals surface area contributed by atoms with Crippen molar-refractivity contribution in [2.75, 3.05) is 25.0 Å². The molecule has 2 aromatic carbocycles. The molecule has 0 bridgehead atoms. The molecule has 0 unspecified atom stereocenters. The average Bonchev–Trinajstić information content (AvgIpc) is 3.30. The van der Waals surface area contributed by atoms with Gasteiger partial charge in [-0.2, -0.15) is 11.3 Å². The van der Waals surface area contributed by atoms with Gasteiger partial charge in [-0.05, 0) is 58.8 Å². The molecule has 0 saturated carbocycles. The fraction of sp³-hybridized carbons (Fsp3) is 0.182. The molecule has 7 nitrogen and oxygen atoms in total. The zero-order valence-electron chi connectivity index (χ0n) is 17.1. The number of likely N-dealkylation sites (N-methyl/N-ethyl adjacent to an activating group) is 1. The van der Waals surface area contributed by atoms with Crippen LogP contribution in [0.5, 0.6) is 0 Å². The van der Waals surface area contributed by atoms with E-state index in [0.29, 0.717) is 12.2 Å². The van der Waals surface area contributed by atoms with E-state index in [1.807, 2.05) is 16.8 Å². The zero-order chi connectivity index (χ0) is 22.4. The van der Waals surface area contributed by atoms with Crippen molar-refractivity contribution < 1.29 is 22.7 Å². The van der Waals surface area contributed by atoms with Crippen molar-refractivity contribution >= 4 is 38.9 Å². The lowest BCUT2D eigenvalue weighted by molar-refractivity contribution is -0.133. The van der Waals surface area contributed by atoms with Gasteiger partial charge in [0.15, 0.2) is 6.61 Å². The summed E-state index contributed by atoms with van der Waals surface area (Å²) >= 11 is 1.54. The third-order valence-corrected chi connectivity index (χ3v) is 7.15. The van der Waals surface area contributed by atoms with E-state index in [1.165, 1.54) is 40.5 Å². The van der Waals surface area contributed by atoms with Gasteiger partial charge < -0.3 is 9.64 Å². The molecular formula is C22H22N2O5S2. The van der Waals surface area contributed by atoms with Gasteiger partial charge in [-0.1, -0.05) is 18.2 Å². The van der Waals surface area contributed by atoms with Gasteiger partial charge in [-0.3, -0.25) is 9.10 Å². The number of nitrogens with zero attached hydrogens (tertiary/aromatic N) is 2. The standard InChI is InChI=1S/C22H22N2O5S2/c1-23(14-17-12-13-30-16-17)21(25)15-29-22(26)18-8-10-20(11-9-18)31(27,28)24(2)19-6-4-3-5-7-19/h3-13,16H,14-15H2,1-2H3. The molecule has 162 valence electrons. The first-order chi connectivity index (χ1) is 14.8. The van der Waals surface area contributed by atoms with Gasteiger partial charge in [0.1, 0.15) is 0 Å². The summed E-state index contributed by atoms with van der Waals surface area (Å²) in [5, 5.41) is 3.87. The van der Waals surface area contributed by atoms with Crippen molar-refractivity contribution in [2.24, 2.45) is 0 Å². The molecule has 0 spiro atoms. The Morgan fingerprint density at radius 3 is 2.26 bits per heavy atom. The van der Waals surface area contributed by atoms with Gasteiger partial charge in [0.05, 0.1) is 16.1 Å². The van der Waals surface area contributed by atoms with E-state index in [4.69, 9.17) is 4.74 Å². The summed E-state index contributed by atoms with van der Waals surface area (Å²) in [6, 6.07) is 16.0. The Balaban J connectivity index is 1.60. The lowest BCUT2D eigenvalue weighted by atomic mass is 10.2. The van der Waals surface area contributed by atoms with Crippen LogP contribution in [0.1, 0.15) is 15.9 Å². The van der Waals surface area contributed by atoms with Crippen LogP contribution in [-0.4, -0.2) is 45.9 Å². The van der Waals surface area contributed by atoms with Gasteiger partial charge in [-0.25, -0.2) is 13.2 Å². The lowest BCUT2D eigenvalue weighted by Crippen LogP contribution is -2.30. The summed E-state index contributed by atoms with van der Waals surface area (Å²) in [6.45, 7) is 0.0393. The highest BCUT2D eigenvalue weighted by Crippen LogP contribution is 2.22. The average molecular weight is 459 g/mol. The monoisotopic (exact) mass is 458 g/mol. The number of carbonyl (C=O) groups excluding carboxylic acids is 2. The maximum Gasteiger partial charge on any atom is 0.338 e. The summed E-state index contributed by atoms with van der Waals surface area (Å²) in [4.78, 5) is 25.9. The van der Waals surface area contributed by atoms with Crippen LogP contribution in [0.25, 0.3) is 0 Å². The molecule has 1 heterocycles. The molecule has 0 atom stereocenters. The molecule has 0 saturated heterocycles. The van der Waals surface area contributed by atoms with Gasteiger partial charge in [0, 0.05) is 20.6 Å². The molecule has 31 heavy (non-hydrogen) atoms. The Morgan fingerprint density at radius 1 is 0.968 bits per heavy atom. The predicted molar refractivity (Wildman–Crippen MR) is 120 cm³/mol. The van der Waals surface area contributed by atoms with Crippen LogP contribution in [-0.2, 0) is 26.1 Å². The number of thiophene rings is 1. The third-order valence-electron chi connectivity index (χ3n) is 4.62. The van der Waals surface area contributed by atoms with Crippen LogP contribution >= 0.6 is 11.3 Å². The topological polar surface area (TPSA) is 84.0 Å². The van der Waals surface area contributed by atoms with E-state index in [2.05, 4.69) is 0 Å². The summed E-state index contributed by atoms with van der Waals surface area (Å²) in [7, 11) is -0.676. The minimum absolute atomic E-state index is 0.0435. The first-order valence-electron chi connectivity index (χ1n) is 9.35. The van der Waals surface area contributed by atoms with Crippen molar-refractivity contribution in [1.29, 1.82) is 0 Å². The van der Waals surface area contributed by atoms with Crippen molar-refractivity contribution in [3.8, 4) is 0 Å². The second kappa shape index (κ2) is 9.76. The molecule has 0 N–H and O–H groups in total. The highest BCUT2D eigenvalue weighted by molar-refractivity contribution is 7.92. The Hall–Kier alpha value is -3.17. The highest BCUT2D eigenvalue weighted by Gasteiger charge is 2.22. The third kappa shape index (κ3) is 5.50. The van der Waals surface area contributed by atoms with E-state index < -0.39 is 22.6 Å². The van der Waals surface area contributed by atoms with Gasteiger partial charge in [0.2, 0.25) is 0 Å². The molecule has 0 aliphatic rings. The largest absolute Gasteiger partial charge is 0.452 e. The summed E-state index contributed by atoms with van der Waals surface area (Å²) in [6.07, 6.45) is 0. The van der Waals surface area contributed by atoms with E-state index in [-0.39, 0.29) is 16.4 Å². The number of amides is 1. The second-order valence-corrected chi connectivity index (χ2v) is 9.54. The van der Waals surface area contributed by atoms with Crippen LogP contribution < -0.4 is 4.31 Å². The predicted octanol–water partition coefficient (Wildman–Crippen LogP) is 3.39. The van der Waals surface area contributed by atoms with E-state index >= 15 is 0 Å². The molecular weight excluding hydrogens is 436 g/mol. The van der Waals surface area contributed by atoms with Crippen molar-refractivity contribution in [3.63, 3.8) is 0 Å². The fourth-order valence-electron chi connectivity index (χ4n) is 2.76. The number of anilines is 1. The maximum atomic E-state index is 12.8. The molecule has 3 aromatic rings. The lowest BCUT2D eigenvalue weighted by Gasteiger charge is -2.19. The highest BCUT2D eigenvalue weighted by atomic mass is 32.2. The molecule has 9 heteroatoms. The summed E-state index contributed by atoms with van der Waals surface area (Å²) < 4.78 is 31.8. The van der Waals surface area contributed by atoms with Crippen molar-refractivity contribution in [2.45, 2.75) is 11.4 Å². The SMILES string of the molecule is CN(Cc1ccsc1)C(=O)COC(=O)c1ccc(S(=O)(=O)N(C)c2ccccc2)cc1. The number of para-hydroxylation sites is 1. The number of carbonyl (C=O) groups is 2.